The molecule has 0 spiro atoms. The summed E-state index contributed by atoms with van der Waals surface area (Å²) < 4.78 is 11.0. The number of hydrogen-bond donors (Lipinski definition) is 0. The fraction of sp³-hybridized carbons (Fsp3) is 0.304. The number of aromatic nitrogens is 4. The van der Waals surface area contributed by atoms with Gasteiger partial charge in [0.1, 0.15) is 5.82 Å². The predicted molar refractivity (Wildman–Crippen MR) is 211 cm³/mol. The largest absolute Gasteiger partial charge is 2.00 e. The molecule has 7 aromatic rings. The molecule has 0 bridgehead atoms. The molecule has 0 saturated carbocycles. The maximum Gasteiger partial charge on any atom is 2.00 e. The zero-order chi connectivity index (χ0) is 36.0. The van der Waals surface area contributed by atoms with Gasteiger partial charge in [-0.2, -0.15) is 11.2 Å². The molecule has 0 saturated heterocycles. The minimum Gasteiger partial charge on any atom is -0.509 e. The number of benzene rings is 4. The monoisotopic (exact) mass is 867 g/mol. The minimum atomic E-state index is 0. The summed E-state index contributed by atoms with van der Waals surface area (Å²) in [5.74, 6) is 2.67. The topological polar surface area (TPSA) is 44.9 Å². The molecule has 0 fully saturated rings. The summed E-state index contributed by atoms with van der Waals surface area (Å²) in [7, 11) is 0. The van der Waals surface area contributed by atoms with Crippen molar-refractivity contribution in [1.82, 2.24) is 19.3 Å². The molecule has 0 aliphatic heterocycles. The third-order valence-corrected chi connectivity index (χ3v) is 9.95. The Morgan fingerprint density at radius 3 is 2.23 bits per heavy atom. The van der Waals surface area contributed by atoms with Crippen LogP contribution in [-0.2, 0) is 27.5 Å². The van der Waals surface area contributed by atoms with E-state index in [0.29, 0.717) is 11.5 Å². The number of ether oxygens (including phenoxy) is 1. The molecule has 268 valence electrons. The van der Waals surface area contributed by atoms with E-state index in [0.717, 1.165) is 63.8 Å². The van der Waals surface area contributed by atoms with Crippen molar-refractivity contribution in [2.45, 2.75) is 93.4 Å². The fourth-order valence-electron chi connectivity index (χ4n) is 7.61. The molecule has 7 rings (SSSR count). The van der Waals surface area contributed by atoms with Crippen LogP contribution in [0.4, 0.5) is 0 Å². The maximum atomic E-state index is 6.69. The van der Waals surface area contributed by atoms with Crippen LogP contribution in [0.1, 0.15) is 98.5 Å². The molecule has 0 amide bonds. The van der Waals surface area contributed by atoms with E-state index in [1.165, 1.54) is 39.1 Å². The van der Waals surface area contributed by atoms with Crippen LogP contribution in [-0.4, -0.2) is 19.3 Å². The van der Waals surface area contributed by atoms with Crippen molar-refractivity contribution < 1.29 is 25.8 Å². The van der Waals surface area contributed by atoms with E-state index in [-0.39, 0.29) is 32.9 Å². The Morgan fingerprint density at radius 1 is 0.769 bits per heavy atom. The van der Waals surface area contributed by atoms with Crippen molar-refractivity contribution in [3.05, 3.63) is 130 Å². The van der Waals surface area contributed by atoms with Gasteiger partial charge in [-0.3, -0.25) is 4.68 Å². The summed E-state index contributed by atoms with van der Waals surface area (Å²) in [4.78, 5) is 4.83. The Hall–Kier alpha value is -4.47. The standard InChI is InChI=1S/C46H48N4O.Pt/c1-10-11-14-34-19-20-47-43(23-34)49-41-16-13-12-15-39(41)40-18-17-37(27-42(40)49)51-38-25-35(28(2)3)24-36(26-38)50-46(29(4)5)45(33(9)48-50)44-31(7)21-30(6)22-32(44)8;/h12-13,15-25,28-29H,10-11,14H2,1-9H3;/q-2;+2. The van der Waals surface area contributed by atoms with Gasteiger partial charge >= 0.3 is 21.1 Å². The van der Waals surface area contributed by atoms with Crippen LogP contribution in [0.5, 0.6) is 11.5 Å². The first kappa shape index (κ1) is 37.3. The maximum absolute atomic E-state index is 6.69. The molecule has 0 unspecified atom stereocenters. The summed E-state index contributed by atoms with van der Waals surface area (Å²) in [6, 6.07) is 33.1. The summed E-state index contributed by atoms with van der Waals surface area (Å²) in [6.45, 7) is 19.8. The summed E-state index contributed by atoms with van der Waals surface area (Å²) in [5.41, 5.74) is 13.9. The van der Waals surface area contributed by atoms with Crippen molar-refractivity contribution in [3.63, 3.8) is 0 Å². The molecule has 0 atom stereocenters. The van der Waals surface area contributed by atoms with Crippen molar-refractivity contribution >= 4 is 21.8 Å². The first-order valence-electron chi connectivity index (χ1n) is 18.4. The van der Waals surface area contributed by atoms with Crippen LogP contribution < -0.4 is 4.74 Å². The average Bonchev–Trinajstić information content (AvgIpc) is 3.61. The number of nitrogens with zero attached hydrogens (tertiary/aromatic N) is 4. The van der Waals surface area contributed by atoms with Gasteiger partial charge in [0.2, 0.25) is 0 Å². The Labute approximate surface area is 323 Å². The van der Waals surface area contributed by atoms with Gasteiger partial charge in [-0.1, -0.05) is 82.5 Å². The van der Waals surface area contributed by atoms with Gasteiger partial charge in [-0.05, 0) is 104 Å². The second-order valence-electron chi connectivity index (χ2n) is 14.7. The van der Waals surface area contributed by atoms with E-state index in [9.17, 15) is 0 Å². The molecular formula is C46H48N4OPt. The molecular weight excluding hydrogens is 820 g/mol. The molecule has 4 aromatic carbocycles. The van der Waals surface area contributed by atoms with Gasteiger partial charge < -0.3 is 9.30 Å². The van der Waals surface area contributed by atoms with Crippen molar-refractivity contribution in [2.24, 2.45) is 0 Å². The van der Waals surface area contributed by atoms with Gasteiger partial charge in [0.25, 0.3) is 0 Å². The number of hydrogen-bond acceptors (Lipinski definition) is 3. The predicted octanol–water partition coefficient (Wildman–Crippen LogP) is 12.2. The second-order valence-corrected chi connectivity index (χ2v) is 14.7. The van der Waals surface area contributed by atoms with Gasteiger partial charge in [0.15, 0.2) is 0 Å². The first-order valence-corrected chi connectivity index (χ1v) is 18.4. The third kappa shape index (κ3) is 7.00. The number of para-hydroxylation sites is 1. The molecule has 6 heteroatoms. The molecule has 52 heavy (non-hydrogen) atoms. The average molecular weight is 868 g/mol. The summed E-state index contributed by atoms with van der Waals surface area (Å²) in [5, 5.41) is 7.46. The van der Waals surface area contributed by atoms with Gasteiger partial charge in [0.05, 0.1) is 11.4 Å². The summed E-state index contributed by atoms with van der Waals surface area (Å²) in [6.07, 6.45) is 5.26. The normalized spacial score (nSPS) is 11.6. The van der Waals surface area contributed by atoms with E-state index in [4.69, 9.17) is 14.8 Å². The number of fused-ring (bicyclic) bond motifs is 3. The Kier molecular flexibility index (Phi) is 10.9. The smallest absolute Gasteiger partial charge is 0.509 e. The molecule has 0 aliphatic carbocycles. The zero-order valence-electron chi connectivity index (χ0n) is 31.8. The minimum absolute atomic E-state index is 0. The van der Waals surface area contributed by atoms with E-state index in [2.05, 4.69) is 150 Å². The van der Waals surface area contributed by atoms with Crippen LogP contribution in [0.15, 0.2) is 79.0 Å². The van der Waals surface area contributed by atoms with Crippen molar-refractivity contribution in [1.29, 1.82) is 0 Å². The van der Waals surface area contributed by atoms with E-state index >= 15 is 0 Å². The SMILES string of the molecule is CCCCc1ccnc(-n2c3[c-]c(Oc4[c-]c(-n5nc(C)c(-c6c(C)cc(C)cc6C)c5C(C)C)cc(C(C)C)c4)ccc3c3ccccc32)c1.[Pt+2]. The summed E-state index contributed by atoms with van der Waals surface area (Å²) >= 11 is 0. The molecule has 0 N–H and O–H groups in total. The molecule has 3 aromatic heterocycles. The van der Waals surface area contributed by atoms with Gasteiger partial charge in [-0.15, -0.1) is 41.3 Å². The van der Waals surface area contributed by atoms with Gasteiger partial charge in [0, 0.05) is 28.8 Å². The first-order chi connectivity index (χ1) is 24.5. The van der Waals surface area contributed by atoms with Crippen LogP contribution in [0.3, 0.4) is 0 Å². The number of pyridine rings is 1. The zero-order valence-corrected chi connectivity index (χ0v) is 34.1. The molecule has 5 nitrogen and oxygen atoms in total. The van der Waals surface area contributed by atoms with Gasteiger partial charge in [-0.25, -0.2) is 4.98 Å². The molecule has 3 heterocycles. The molecule has 0 aliphatic rings. The van der Waals surface area contributed by atoms with Crippen LogP contribution in [0.2, 0.25) is 0 Å². The number of rotatable bonds is 10. The Bertz CT molecular complexity index is 2370. The number of aryl methyl sites for hydroxylation is 5. The number of unbranched alkanes of at least 4 members (excludes halogenated alkanes) is 1. The van der Waals surface area contributed by atoms with Crippen LogP contribution in [0.25, 0.3) is 44.4 Å². The Balaban J connectivity index is 0.00000464. The third-order valence-electron chi connectivity index (χ3n) is 9.95. The van der Waals surface area contributed by atoms with Crippen molar-refractivity contribution in [2.75, 3.05) is 0 Å². The van der Waals surface area contributed by atoms with Crippen LogP contribution in [0, 0.1) is 39.8 Å². The van der Waals surface area contributed by atoms with Crippen molar-refractivity contribution in [3.8, 4) is 34.1 Å². The van der Waals surface area contributed by atoms with E-state index in [1.54, 1.807) is 0 Å². The molecule has 0 radical (unpaired) electrons. The fourth-order valence-corrected chi connectivity index (χ4v) is 7.61. The Morgan fingerprint density at radius 2 is 1.52 bits per heavy atom. The van der Waals surface area contributed by atoms with Crippen LogP contribution >= 0.6 is 0 Å². The van der Waals surface area contributed by atoms with E-state index < -0.39 is 0 Å². The van der Waals surface area contributed by atoms with E-state index in [1.807, 2.05) is 12.3 Å². The second kappa shape index (κ2) is 15.2. The quantitative estimate of drug-likeness (QED) is 0.129.